The van der Waals surface area contributed by atoms with E-state index in [1.165, 1.54) is 0 Å². The quantitative estimate of drug-likeness (QED) is 0.122. The van der Waals surface area contributed by atoms with Gasteiger partial charge in [-0.05, 0) is 103 Å². The summed E-state index contributed by atoms with van der Waals surface area (Å²) in [5.74, 6) is -2.64. The van der Waals surface area contributed by atoms with E-state index in [4.69, 9.17) is 16.2 Å². The fourth-order valence-corrected chi connectivity index (χ4v) is 7.54. The molecule has 4 N–H and O–H groups in total. The largest absolute Gasteiger partial charge is 0.466 e. The summed E-state index contributed by atoms with van der Waals surface area (Å²) >= 11 is 0. The number of fused-ring (bicyclic) bond motifs is 2. The van der Waals surface area contributed by atoms with Crippen molar-refractivity contribution in [1.82, 2.24) is 37.8 Å². The number of hydrogen-bond donors (Lipinski definition) is 2. The van der Waals surface area contributed by atoms with E-state index in [1.807, 2.05) is 43.8 Å². The number of ether oxygens (including phenoxy) is 1. The van der Waals surface area contributed by atoms with Crippen LogP contribution in [0.5, 0.6) is 0 Å². The zero-order valence-corrected chi connectivity index (χ0v) is 36.1. The Balaban J connectivity index is 1.56. The number of esters is 1. The highest BCUT2D eigenvalue weighted by Crippen LogP contribution is 2.25. The predicted molar refractivity (Wildman–Crippen MR) is 227 cm³/mol. The second-order valence-corrected chi connectivity index (χ2v) is 15.0. The lowest BCUT2D eigenvalue weighted by Crippen LogP contribution is -2.28. The fourth-order valence-electron chi connectivity index (χ4n) is 7.54. The number of amides is 4. The van der Waals surface area contributed by atoms with Crippen LogP contribution in [-0.4, -0.2) is 74.0 Å². The first kappa shape index (κ1) is 43.5. The third-order valence-corrected chi connectivity index (χ3v) is 10.7. The number of benzene rings is 2. The van der Waals surface area contributed by atoms with Gasteiger partial charge in [0.05, 0.1) is 40.1 Å². The van der Waals surface area contributed by atoms with Gasteiger partial charge in [-0.25, -0.2) is 0 Å². The number of primary amides is 2. The van der Waals surface area contributed by atoms with Crippen molar-refractivity contribution in [3.8, 4) is 0 Å². The maximum Gasteiger partial charge on any atom is 0.306 e. The van der Waals surface area contributed by atoms with Gasteiger partial charge in [0, 0.05) is 57.8 Å². The van der Waals surface area contributed by atoms with Gasteiger partial charge < -0.3 is 34.5 Å². The number of nitrogens with zero attached hydrogens (tertiary/aromatic N) is 10. The number of nitrogens with two attached hydrogens (primary N) is 2. The van der Waals surface area contributed by atoms with Crippen LogP contribution in [0.2, 0.25) is 0 Å². The van der Waals surface area contributed by atoms with Gasteiger partial charge >= 0.3 is 5.97 Å². The van der Waals surface area contributed by atoms with Gasteiger partial charge in [-0.1, -0.05) is 11.1 Å². The Morgan fingerprint density at radius 3 is 1.70 bits per heavy atom. The molecule has 0 saturated carbocycles. The summed E-state index contributed by atoms with van der Waals surface area (Å²) in [4.78, 5) is 74.6. The van der Waals surface area contributed by atoms with Crippen LogP contribution in [0.15, 0.2) is 63.6 Å². The summed E-state index contributed by atoms with van der Waals surface area (Å²) in [7, 11) is 3.52. The summed E-state index contributed by atoms with van der Waals surface area (Å²) in [5.41, 5.74) is 19.6. The smallest absolute Gasteiger partial charge is 0.306 e. The SMILES string of the molecule is CCOC(=O)CCc1cc(C(N)=O)cc2c1n(C/C(C)=C(\C)Cn1/c(=N/C(=O)c3cc(C)nn3CC)n(C)c3cc(C(N)=O)ccc31)/c(=N/C(=O)c1cc(C)nn1CC)n2C. The second kappa shape index (κ2) is 17.6. The van der Waals surface area contributed by atoms with Gasteiger partial charge in [-0.3, -0.25) is 33.3 Å². The standard InChI is InChI=1S/C43H52N12O6/c1-10-54-34(17-26(6)48-54)40(59)46-42-50(8)32-20-29(38(44)57)13-15-31(32)52(42)22-24(4)25(5)23-53-37-28(14-16-36(56)61-12-3)19-30(39(45)58)21-33(37)51(9)43(53)47-41(60)35-18-27(7)49-55(35)11-2/h13,15,17-21H,10-12,14,16,22-23H2,1-9H3,(H2,44,57)(H2,45,58)/b25-24+,46-42+,47-43+. The second-order valence-electron chi connectivity index (χ2n) is 15.0. The van der Waals surface area contributed by atoms with Gasteiger partial charge in [0.25, 0.3) is 11.8 Å². The van der Waals surface area contributed by atoms with Crippen molar-refractivity contribution in [2.75, 3.05) is 6.61 Å². The normalized spacial score (nSPS) is 12.7. The molecular formula is C43H52N12O6. The van der Waals surface area contributed by atoms with Crippen molar-refractivity contribution in [3.63, 3.8) is 0 Å². The summed E-state index contributed by atoms with van der Waals surface area (Å²) in [6.45, 7) is 14.7. The maximum atomic E-state index is 14.0. The molecule has 6 aromatic rings. The molecule has 320 valence electrons. The van der Waals surface area contributed by atoms with Crippen molar-refractivity contribution in [2.24, 2.45) is 35.5 Å². The highest BCUT2D eigenvalue weighted by molar-refractivity contribution is 5.98. The van der Waals surface area contributed by atoms with Crippen LogP contribution in [0.1, 0.15) is 99.7 Å². The van der Waals surface area contributed by atoms with E-state index in [-0.39, 0.29) is 43.7 Å². The average molecular weight is 833 g/mol. The first-order chi connectivity index (χ1) is 29.0. The number of allylic oxidation sites excluding steroid dienone is 2. The molecule has 4 aromatic heterocycles. The molecule has 0 aliphatic rings. The zero-order chi connectivity index (χ0) is 44.4. The van der Waals surface area contributed by atoms with Crippen LogP contribution >= 0.6 is 0 Å². The van der Waals surface area contributed by atoms with Gasteiger partial charge in [0.15, 0.2) is 0 Å². The van der Waals surface area contributed by atoms with E-state index in [9.17, 15) is 24.0 Å². The Labute approximate surface area is 351 Å². The van der Waals surface area contributed by atoms with Crippen molar-refractivity contribution < 1.29 is 28.7 Å². The summed E-state index contributed by atoms with van der Waals surface area (Å²) in [6, 6.07) is 11.8. The number of carbonyl (C=O) groups excluding carboxylic acids is 5. The molecule has 0 radical (unpaired) electrons. The molecular weight excluding hydrogens is 781 g/mol. The van der Waals surface area contributed by atoms with Gasteiger partial charge in [-0.2, -0.15) is 20.2 Å². The van der Waals surface area contributed by atoms with Gasteiger partial charge in [0.2, 0.25) is 23.1 Å². The highest BCUT2D eigenvalue weighted by atomic mass is 16.5. The van der Waals surface area contributed by atoms with E-state index in [0.717, 1.165) is 11.1 Å². The molecule has 61 heavy (non-hydrogen) atoms. The number of carbonyl (C=O) groups is 5. The Hall–Kier alpha value is -7.11. The van der Waals surface area contributed by atoms with Gasteiger partial charge in [-0.15, -0.1) is 0 Å². The molecule has 18 heteroatoms. The molecule has 2 aromatic carbocycles. The number of aryl methyl sites for hydroxylation is 7. The van der Waals surface area contributed by atoms with Crippen molar-refractivity contribution in [2.45, 2.75) is 87.5 Å². The van der Waals surface area contributed by atoms with Crippen molar-refractivity contribution in [3.05, 3.63) is 104 Å². The molecule has 0 aliphatic heterocycles. The predicted octanol–water partition coefficient (Wildman–Crippen LogP) is 3.53. The summed E-state index contributed by atoms with van der Waals surface area (Å²) in [6.07, 6.45) is 0.249. The number of aromatic nitrogens is 8. The van der Waals surface area contributed by atoms with Crippen LogP contribution in [0.4, 0.5) is 0 Å². The Morgan fingerprint density at radius 2 is 1.18 bits per heavy atom. The number of rotatable bonds is 14. The fraction of sp³-hybridized carbons (Fsp3) is 0.372. The molecule has 0 fully saturated rings. The molecule has 18 nitrogen and oxygen atoms in total. The molecule has 0 atom stereocenters. The Morgan fingerprint density at radius 1 is 0.672 bits per heavy atom. The molecule has 0 aliphatic carbocycles. The first-order valence-corrected chi connectivity index (χ1v) is 20.1. The third-order valence-electron chi connectivity index (χ3n) is 10.7. The highest BCUT2D eigenvalue weighted by Gasteiger charge is 2.22. The molecule has 0 spiro atoms. The van der Waals surface area contributed by atoms with Crippen LogP contribution in [0.3, 0.4) is 0 Å². The number of hydrogen-bond acceptors (Lipinski definition) is 8. The molecule has 0 bridgehead atoms. The lowest BCUT2D eigenvalue weighted by molar-refractivity contribution is -0.143. The molecule has 6 rings (SSSR count). The van der Waals surface area contributed by atoms with E-state index >= 15 is 0 Å². The minimum atomic E-state index is -0.653. The summed E-state index contributed by atoms with van der Waals surface area (Å²) in [5, 5.41) is 8.87. The Kier molecular flexibility index (Phi) is 12.6. The minimum absolute atomic E-state index is 0.0348. The summed E-state index contributed by atoms with van der Waals surface area (Å²) < 4.78 is 15.7. The van der Waals surface area contributed by atoms with Crippen molar-refractivity contribution in [1.29, 1.82) is 0 Å². The van der Waals surface area contributed by atoms with E-state index in [1.54, 1.807) is 88.9 Å². The van der Waals surface area contributed by atoms with Crippen LogP contribution in [0, 0.1) is 13.8 Å². The maximum absolute atomic E-state index is 14.0. The monoisotopic (exact) mass is 832 g/mol. The first-order valence-electron chi connectivity index (χ1n) is 20.1. The molecule has 0 saturated heterocycles. The van der Waals surface area contributed by atoms with E-state index in [2.05, 4.69) is 20.2 Å². The van der Waals surface area contributed by atoms with Crippen LogP contribution in [-0.2, 0) is 56.2 Å². The van der Waals surface area contributed by atoms with Crippen molar-refractivity contribution >= 4 is 51.7 Å². The minimum Gasteiger partial charge on any atom is -0.466 e. The molecule has 0 unspecified atom stereocenters. The van der Waals surface area contributed by atoms with Crippen LogP contribution in [0.25, 0.3) is 22.1 Å². The van der Waals surface area contributed by atoms with E-state index in [0.29, 0.717) is 74.7 Å². The topological polar surface area (TPSA) is 227 Å². The average Bonchev–Trinajstić information content (AvgIpc) is 3.95. The zero-order valence-electron chi connectivity index (χ0n) is 36.1. The van der Waals surface area contributed by atoms with E-state index < -0.39 is 29.6 Å². The Bertz CT molecular complexity index is 2940. The molecule has 4 amide bonds. The molecule has 4 heterocycles. The lowest BCUT2D eigenvalue weighted by Gasteiger charge is -2.14. The number of imidazole rings is 2. The third kappa shape index (κ3) is 8.64. The van der Waals surface area contributed by atoms with Gasteiger partial charge in [0.1, 0.15) is 11.4 Å². The van der Waals surface area contributed by atoms with Crippen LogP contribution < -0.4 is 22.7 Å². The lowest BCUT2D eigenvalue weighted by atomic mass is 10.0.